The van der Waals surface area contributed by atoms with E-state index < -0.39 is 0 Å². The number of rotatable bonds is 5. The average molecular weight is 210 g/mol. The van der Waals surface area contributed by atoms with Gasteiger partial charge in [-0.05, 0) is 26.7 Å². The minimum Gasteiger partial charge on any atom is -0.395 e. The van der Waals surface area contributed by atoms with Crippen molar-refractivity contribution in [3.05, 3.63) is 11.6 Å². The molecule has 0 bridgehead atoms. The van der Waals surface area contributed by atoms with Crippen molar-refractivity contribution >= 4 is 0 Å². The van der Waals surface area contributed by atoms with Crippen LogP contribution in [0.2, 0.25) is 0 Å². The Bertz CT molecular complexity index is 332. The third-order valence-electron chi connectivity index (χ3n) is 2.63. The predicted molar refractivity (Wildman–Crippen MR) is 56.5 cm³/mol. The van der Waals surface area contributed by atoms with Gasteiger partial charge in [0.25, 0.3) is 0 Å². The van der Waals surface area contributed by atoms with Crippen molar-refractivity contribution in [1.82, 2.24) is 20.1 Å². The fourth-order valence-electron chi connectivity index (χ4n) is 1.69. The highest BCUT2D eigenvalue weighted by molar-refractivity contribution is 4.90. The Hall–Kier alpha value is -0.940. The number of aryl methyl sites for hydroxylation is 2. The molecule has 1 aromatic heterocycles. The van der Waals surface area contributed by atoms with E-state index in [2.05, 4.69) is 15.4 Å². The maximum Gasteiger partial charge on any atom is 0.147 e. The van der Waals surface area contributed by atoms with Crippen molar-refractivity contribution in [2.75, 3.05) is 6.61 Å². The minimum absolute atomic E-state index is 0.0947. The van der Waals surface area contributed by atoms with Gasteiger partial charge in [0.05, 0.1) is 19.2 Å². The summed E-state index contributed by atoms with van der Waals surface area (Å²) in [4.78, 5) is 4.24. The van der Waals surface area contributed by atoms with Crippen molar-refractivity contribution in [3.63, 3.8) is 0 Å². The molecule has 15 heavy (non-hydrogen) atoms. The first kappa shape index (κ1) is 10.6. The molecule has 5 nitrogen and oxygen atoms in total. The minimum atomic E-state index is 0.0947. The summed E-state index contributed by atoms with van der Waals surface area (Å²) in [5.74, 6) is 1.69. The third-order valence-corrected chi connectivity index (χ3v) is 2.63. The van der Waals surface area contributed by atoms with Crippen LogP contribution in [0, 0.1) is 13.8 Å². The lowest BCUT2D eigenvalue weighted by Gasteiger charge is -2.16. The number of nitrogens with zero attached hydrogens (tertiary/aromatic N) is 3. The van der Waals surface area contributed by atoms with Gasteiger partial charge in [0.1, 0.15) is 11.6 Å². The van der Waals surface area contributed by atoms with Gasteiger partial charge in [-0.25, -0.2) is 9.67 Å². The van der Waals surface area contributed by atoms with Crippen LogP contribution in [0.25, 0.3) is 0 Å². The molecule has 2 N–H and O–H groups in total. The molecule has 0 saturated heterocycles. The second-order valence-electron chi connectivity index (χ2n) is 4.21. The molecule has 5 heteroatoms. The summed E-state index contributed by atoms with van der Waals surface area (Å²) in [6.07, 6.45) is 2.46. The smallest absolute Gasteiger partial charge is 0.147 e. The third kappa shape index (κ3) is 2.76. The zero-order valence-corrected chi connectivity index (χ0v) is 9.27. The van der Waals surface area contributed by atoms with Crippen molar-refractivity contribution in [2.24, 2.45) is 0 Å². The van der Waals surface area contributed by atoms with Crippen LogP contribution in [0.5, 0.6) is 0 Å². The molecule has 2 rings (SSSR count). The van der Waals surface area contributed by atoms with Crippen LogP contribution in [0.15, 0.2) is 0 Å². The van der Waals surface area contributed by atoms with E-state index in [0.717, 1.165) is 11.6 Å². The second-order valence-corrected chi connectivity index (χ2v) is 4.21. The summed E-state index contributed by atoms with van der Waals surface area (Å²) in [6, 6.07) is 0.698. The van der Waals surface area contributed by atoms with Gasteiger partial charge in [0.2, 0.25) is 0 Å². The highest BCUT2D eigenvalue weighted by atomic mass is 16.3. The van der Waals surface area contributed by atoms with Crippen molar-refractivity contribution < 1.29 is 5.11 Å². The molecular formula is C10H18N4O. The molecule has 1 aliphatic rings. The Morgan fingerprint density at radius 2 is 2.27 bits per heavy atom. The monoisotopic (exact) mass is 210 g/mol. The Morgan fingerprint density at radius 3 is 2.73 bits per heavy atom. The van der Waals surface area contributed by atoms with Crippen molar-refractivity contribution in [1.29, 1.82) is 0 Å². The Kier molecular flexibility index (Phi) is 3.02. The fourth-order valence-corrected chi connectivity index (χ4v) is 1.69. The lowest BCUT2D eigenvalue weighted by Crippen LogP contribution is -2.38. The van der Waals surface area contributed by atoms with Crippen LogP contribution in [-0.4, -0.2) is 38.6 Å². The number of nitrogens with one attached hydrogen (secondary N) is 1. The molecule has 1 aliphatic carbocycles. The molecule has 0 amide bonds. The van der Waals surface area contributed by atoms with Gasteiger partial charge < -0.3 is 10.4 Å². The van der Waals surface area contributed by atoms with Crippen LogP contribution in [0.3, 0.4) is 0 Å². The zero-order valence-electron chi connectivity index (χ0n) is 9.27. The van der Waals surface area contributed by atoms with Gasteiger partial charge >= 0.3 is 0 Å². The molecule has 84 valence electrons. The molecule has 1 aromatic rings. The molecule has 1 atom stereocenters. The molecule has 1 fully saturated rings. The van der Waals surface area contributed by atoms with Crippen LogP contribution < -0.4 is 5.32 Å². The second kappa shape index (κ2) is 4.28. The van der Waals surface area contributed by atoms with Gasteiger partial charge in [-0.2, -0.15) is 5.10 Å². The molecule has 1 unspecified atom stereocenters. The number of aliphatic hydroxyl groups is 1. The quantitative estimate of drug-likeness (QED) is 0.718. The van der Waals surface area contributed by atoms with Crippen molar-refractivity contribution in [2.45, 2.75) is 45.3 Å². The molecule has 0 aromatic carbocycles. The molecule has 1 heterocycles. The number of aromatic nitrogens is 3. The standard InChI is InChI=1S/C10H18N4O/c1-7-11-8(2)14(13-7)5-10(6-15)12-9-3-4-9/h9-10,12,15H,3-6H2,1-2H3. The average Bonchev–Trinajstić information content (AvgIpc) is 2.93. The van der Waals surface area contributed by atoms with E-state index in [1.54, 1.807) is 0 Å². The predicted octanol–water partition coefficient (Wildman–Crippen LogP) is 0.00784. The highest BCUT2D eigenvalue weighted by Gasteiger charge is 2.24. The largest absolute Gasteiger partial charge is 0.395 e. The molecule has 0 spiro atoms. The summed E-state index contributed by atoms with van der Waals surface area (Å²) in [5, 5.41) is 16.9. The zero-order chi connectivity index (χ0) is 10.8. The van der Waals surface area contributed by atoms with E-state index in [9.17, 15) is 5.11 Å². The van der Waals surface area contributed by atoms with Crippen LogP contribution in [-0.2, 0) is 6.54 Å². The summed E-state index contributed by atoms with van der Waals surface area (Å²) < 4.78 is 1.85. The van der Waals surface area contributed by atoms with E-state index in [-0.39, 0.29) is 12.6 Å². The molecule has 0 radical (unpaired) electrons. The Morgan fingerprint density at radius 1 is 1.53 bits per heavy atom. The Balaban J connectivity index is 1.95. The summed E-state index contributed by atoms with van der Waals surface area (Å²) >= 11 is 0. The number of aliphatic hydroxyl groups excluding tert-OH is 1. The first-order valence-corrected chi connectivity index (χ1v) is 5.44. The van der Waals surface area contributed by atoms with Crippen LogP contribution >= 0.6 is 0 Å². The normalized spacial score (nSPS) is 18.1. The molecular weight excluding hydrogens is 192 g/mol. The van der Waals surface area contributed by atoms with Gasteiger partial charge in [0.15, 0.2) is 0 Å². The van der Waals surface area contributed by atoms with Gasteiger partial charge in [-0.3, -0.25) is 0 Å². The first-order valence-electron chi connectivity index (χ1n) is 5.44. The number of hydrogen-bond acceptors (Lipinski definition) is 4. The fraction of sp³-hybridized carbons (Fsp3) is 0.800. The van der Waals surface area contributed by atoms with Gasteiger partial charge in [-0.1, -0.05) is 0 Å². The van der Waals surface area contributed by atoms with E-state index >= 15 is 0 Å². The topological polar surface area (TPSA) is 63.0 Å². The number of hydrogen-bond donors (Lipinski definition) is 2. The van der Waals surface area contributed by atoms with Crippen LogP contribution in [0.1, 0.15) is 24.5 Å². The van der Waals surface area contributed by atoms with E-state index in [1.807, 2.05) is 18.5 Å². The Labute approximate surface area is 89.5 Å². The van der Waals surface area contributed by atoms with E-state index in [0.29, 0.717) is 12.6 Å². The first-order chi connectivity index (χ1) is 7.19. The summed E-state index contributed by atoms with van der Waals surface area (Å²) in [5.41, 5.74) is 0. The van der Waals surface area contributed by atoms with Gasteiger partial charge in [-0.15, -0.1) is 0 Å². The molecule has 0 aliphatic heterocycles. The van der Waals surface area contributed by atoms with E-state index in [1.165, 1.54) is 12.8 Å². The van der Waals surface area contributed by atoms with Crippen molar-refractivity contribution in [3.8, 4) is 0 Å². The lowest BCUT2D eigenvalue weighted by atomic mass is 10.3. The maximum atomic E-state index is 9.24. The summed E-state index contributed by atoms with van der Waals surface area (Å²) in [7, 11) is 0. The molecule has 1 saturated carbocycles. The summed E-state index contributed by atoms with van der Waals surface area (Å²) in [6.45, 7) is 4.66. The maximum absolute atomic E-state index is 9.24. The SMILES string of the molecule is Cc1nc(C)n(CC(CO)NC2CC2)n1. The van der Waals surface area contributed by atoms with E-state index in [4.69, 9.17) is 0 Å². The van der Waals surface area contributed by atoms with Crippen LogP contribution in [0.4, 0.5) is 0 Å². The highest BCUT2D eigenvalue weighted by Crippen LogP contribution is 2.19. The lowest BCUT2D eigenvalue weighted by molar-refractivity contribution is 0.223. The van der Waals surface area contributed by atoms with Gasteiger partial charge in [0, 0.05) is 6.04 Å².